The van der Waals surface area contributed by atoms with Gasteiger partial charge in [0.25, 0.3) is 0 Å². The molecule has 0 bridgehead atoms. The van der Waals surface area contributed by atoms with E-state index >= 15 is 0 Å². The Morgan fingerprint density at radius 3 is 2.85 bits per heavy atom. The molecule has 2 heterocycles. The summed E-state index contributed by atoms with van der Waals surface area (Å²) in [4.78, 5) is 0. The largest absolute Gasteiger partial charge is 0.374 e. The van der Waals surface area contributed by atoms with Crippen LogP contribution in [0.3, 0.4) is 0 Å². The summed E-state index contributed by atoms with van der Waals surface area (Å²) in [7, 11) is 0. The third-order valence-corrected chi connectivity index (χ3v) is 3.23. The van der Waals surface area contributed by atoms with Crippen LogP contribution in [-0.4, -0.2) is 10.2 Å². The third-order valence-electron chi connectivity index (χ3n) is 1.69. The SMILES string of the molecule is Nc1nnc(CCc2ccsc2)s1. The maximum Gasteiger partial charge on any atom is 0.203 e. The number of nitrogen functional groups attached to an aromatic ring is 1. The van der Waals surface area contributed by atoms with E-state index in [4.69, 9.17) is 5.73 Å². The van der Waals surface area contributed by atoms with E-state index in [2.05, 4.69) is 27.0 Å². The van der Waals surface area contributed by atoms with Gasteiger partial charge in [-0.15, -0.1) is 10.2 Å². The van der Waals surface area contributed by atoms with Crippen molar-refractivity contribution in [2.75, 3.05) is 5.73 Å². The van der Waals surface area contributed by atoms with Gasteiger partial charge in [0, 0.05) is 6.42 Å². The molecule has 0 unspecified atom stereocenters. The second-order valence-electron chi connectivity index (χ2n) is 2.67. The summed E-state index contributed by atoms with van der Waals surface area (Å²) in [6, 6.07) is 2.13. The van der Waals surface area contributed by atoms with E-state index in [0.717, 1.165) is 17.8 Å². The standard InChI is InChI=1S/C8H9N3S2/c9-8-11-10-7(13-8)2-1-6-3-4-12-5-6/h3-5H,1-2H2,(H2,9,11). The zero-order valence-corrected chi connectivity index (χ0v) is 8.57. The Morgan fingerprint density at radius 1 is 1.31 bits per heavy atom. The van der Waals surface area contributed by atoms with Gasteiger partial charge >= 0.3 is 0 Å². The van der Waals surface area contributed by atoms with Crippen molar-refractivity contribution < 1.29 is 0 Å². The van der Waals surface area contributed by atoms with Crippen molar-refractivity contribution in [3.05, 3.63) is 27.4 Å². The second kappa shape index (κ2) is 3.85. The first kappa shape index (κ1) is 8.65. The maximum absolute atomic E-state index is 5.47. The smallest absolute Gasteiger partial charge is 0.203 e. The molecular formula is C8H9N3S2. The fourth-order valence-corrected chi connectivity index (χ4v) is 2.37. The Balaban J connectivity index is 1.93. The fraction of sp³-hybridized carbons (Fsp3) is 0.250. The van der Waals surface area contributed by atoms with Crippen LogP contribution in [0.15, 0.2) is 16.8 Å². The lowest BCUT2D eigenvalue weighted by atomic mass is 10.2. The molecule has 0 saturated heterocycles. The number of aromatic nitrogens is 2. The highest BCUT2D eigenvalue weighted by Crippen LogP contribution is 2.14. The molecule has 0 aliphatic rings. The van der Waals surface area contributed by atoms with E-state index in [-0.39, 0.29) is 0 Å². The number of anilines is 1. The molecule has 5 heteroatoms. The Labute approximate surface area is 84.2 Å². The van der Waals surface area contributed by atoms with Crippen LogP contribution in [0.25, 0.3) is 0 Å². The fourth-order valence-electron chi connectivity index (χ4n) is 1.05. The van der Waals surface area contributed by atoms with Gasteiger partial charge in [-0.25, -0.2) is 0 Å². The summed E-state index contributed by atoms with van der Waals surface area (Å²) in [5, 5.41) is 13.5. The summed E-state index contributed by atoms with van der Waals surface area (Å²) in [5.41, 5.74) is 6.83. The van der Waals surface area contributed by atoms with E-state index in [1.807, 2.05) is 0 Å². The lowest BCUT2D eigenvalue weighted by Gasteiger charge is -1.91. The molecule has 0 aliphatic carbocycles. The topological polar surface area (TPSA) is 51.8 Å². The number of aryl methyl sites for hydroxylation is 2. The molecule has 2 aromatic rings. The monoisotopic (exact) mass is 211 g/mol. The number of hydrogen-bond donors (Lipinski definition) is 1. The molecule has 3 nitrogen and oxygen atoms in total. The van der Waals surface area contributed by atoms with Crippen molar-refractivity contribution in [3.8, 4) is 0 Å². The molecule has 68 valence electrons. The van der Waals surface area contributed by atoms with E-state index in [1.54, 1.807) is 11.3 Å². The molecule has 0 fully saturated rings. The number of nitrogens with zero attached hydrogens (tertiary/aromatic N) is 2. The Hall–Kier alpha value is -0.940. The van der Waals surface area contributed by atoms with Crippen LogP contribution in [0.4, 0.5) is 5.13 Å². The van der Waals surface area contributed by atoms with Crippen molar-refractivity contribution in [3.63, 3.8) is 0 Å². The summed E-state index contributed by atoms with van der Waals surface area (Å²) >= 11 is 3.19. The minimum absolute atomic E-state index is 0.556. The Kier molecular flexibility index (Phi) is 2.56. The molecular weight excluding hydrogens is 202 g/mol. The molecule has 0 aliphatic heterocycles. The number of thiophene rings is 1. The van der Waals surface area contributed by atoms with E-state index in [0.29, 0.717) is 5.13 Å². The molecule has 0 amide bonds. The minimum atomic E-state index is 0.556. The van der Waals surface area contributed by atoms with Crippen molar-refractivity contribution in [1.82, 2.24) is 10.2 Å². The first-order chi connectivity index (χ1) is 6.34. The number of rotatable bonds is 3. The average Bonchev–Trinajstić information content (AvgIpc) is 2.71. The number of nitrogens with two attached hydrogens (primary N) is 1. The van der Waals surface area contributed by atoms with E-state index in [9.17, 15) is 0 Å². The van der Waals surface area contributed by atoms with Gasteiger partial charge in [-0.2, -0.15) is 11.3 Å². The highest BCUT2D eigenvalue weighted by atomic mass is 32.1. The zero-order valence-electron chi connectivity index (χ0n) is 6.93. The highest BCUT2D eigenvalue weighted by Gasteiger charge is 2.01. The zero-order chi connectivity index (χ0) is 9.10. The summed E-state index contributed by atoms with van der Waals surface area (Å²) < 4.78 is 0. The van der Waals surface area contributed by atoms with Gasteiger partial charge in [-0.1, -0.05) is 11.3 Å². The highest BCUT2D eigenvalue weighted by molar-refractivity contribution is 7.15. The van der Waals surface area contributed by atoms with Gasteiger partial charge in [0.15, 0.2) is 0 Å². The predicted octanol–water partition coefficient (Wildman–Crippen LogP) is 1.97. The van der Waals surface area contributed by atoms with Crippen LogP contribution in [-0.2, 0) is 12.8 Å². The summed E-state index contributed by atoms with van der Waals surface area (Å²) in [6.45, 7) is 0. The first-order valence-corrected chi connectivity index (χ1v) is 5.69. The molecule has 0 spiro atoms. The van der Waals surface area contributed by atoms with Gasteiger partial charge in [0.1, 0.15) is 5.01 Å². The van der Waals surface area contributed by atoms with Crippen LogP contribution in [0.5, 0.6) is 0 Å². The third kappa shape index (κ3) is 2.26. The second-order valence-corrected chi connectivity index (χ2v) is 4.54. The molecule has 0 saturated carbocycles. The summed E-state index contributed by atoms with van der Waals surface area (Å²) in [6.07, 6.45) is 1.96. The Morgan fingerprint density at radius 2 is 2.23 bits per heavy atom. The maximum atomic E-state index is 5.47. The van der Waals surface area contributed by atoms with Gasteiger partial charge in [-0.3, -0.25) is 0 Å². The average molecular weight is 211 g/mol. The van der Waals surface area contributed by atoms with Crippen LogP contribution >= 0.6 is 22.7 Å². The van der Waals surface area contributed by atoms with Gasteiger partial charge in [0.05, 0.1) is 0 Å². The molecule has 0 aromatic carbocycles. The van der Waals surface area contributed by atoms with Crippen LogP contribution in [0.1, 0.15) is 10.6 Å². The van der Waals surface area contributed by atoms with Gasteiger partial charge in [-0.05, 0) is 28.8 Å². The van der Waals surface area contributed by atoms with E-state index < -0.39 is 0 Å². The molecule has 2 aromatic heterocycles. The molecule has 13 heavy (non-hydrogen) atoms. The van der Waals surface area contributed by atoms with Crippen molar-refractivity contribution in [1.29, 1.82) is 0 Å². The normalized spacial score (nSPS) is 10.5. The lowest BCUT2D eigenvalue weighted by Crippen LogP contribution is -1.88. The first-order valence-electron chi connectivity index (χ1n) is 3.93. The van der Waals surface area contributed by atoms with Gasteiger partial charge < -0.3 is 5.73 Å². The van der Waals surface area contributed by atoms with Crippen molar-refractivity contribution in [2.24, 2.45) is 0 Å². The van der Waals surface area contributed by atoms with Crippen LogP contribution < -0.4 is 5.73 Å². The van der Waals surface area contributed by atoms with E-state index in [1.165, 1.54) is 16.9 Å². The van der Waals surface area contributed by atoms with Gasteiger partial charge in [0.2, 0.25) is 5.13 Å². The number of hydrogen-bond acceptors (Lipinski definition) is 5. The predicted molar refractivity (Wildman–Crippen MR) is 56.0 cm³/mol. The molecule has 2 rings (SSSR count). The summed E-state index contributed by atoms with van der Waals surface area (Å²) in [5.74, 6) is 0. The van der Waals surface area contributed by atoms with Crippen molar-refractivity contribution in [2.45, 2.75) is 12.8 Å². The molecule has 0 radical (unpaired) electrons. The minimum Gasteiger partial charge on any atom is -0.374 e. The lowest BCUT2D eigenvalue weighted by molar-refractivity contribution is 0.909. The van der Waals surface area contributed by atoms with Crippen LogP contribution in [0.2, 0.25) is 0 Å². The quantitative estimate of drug-likeness (QED) is 0.844. The molecule has 0 atom stereocenters. The van der Waals surface area contributed by atoms with Crippen LogP contribution in [0, 0.1) is 0 Å². The molecule has 2 N–H and O–H groups in total. The Bertz CT molecular complexity index is 366. The van der Waals surface area contributed by atoms with Crippen molar-refractivity contribution >= 4 is 27.8 Å².